The monoisotopic (exact) mass is 205 g/mol. The Hall–Kier alpha value is -0.0438. The molecule has 0 N–H and O–H groups in total. The molecule has 0 radical (unpaired) electrons. The molecule has 0 aliphatic carbocycles. The molecule has 1 aromatic carbocycles. The van der Waals surface area contributed by atoms with Crippen molar-refractivity contribution in [3.05, 3.63) is 29.8 Å². The summed E-state index contributed by atoms with van der Waals surface area (Å²) in [5.74, 6) is 0. The standard InChI is InChI=1S/C7H4N.BrH.Mg/c8-6-7-4-2-1-3-5-7;;/h2-5H;1H;/q;;+1/p-1. The van der Waals surface area contributed by atoms with Crippen LogP contribution in [-0.4, -0.2) is 21.7 Å². The molecule has 0 unspecified atom stereocenters. The number of nitrogens with zero attached hydrogens (tertiary/aromatic N) is 1. The number of hydrogen-bond donors (Lipinski definition) is 0. The zero-order valence-electron chi connectivity index (χ0n) is 5.34. The molecule has 0 spiro atoms. The Bertz CT molecular complexity index is 237. The Labute approximate surface area is 83.3 Å². The molecule has 0 aromatic heterocycles. The SMILES string of the molecule is N#Cc1cc[c]([Mg+])cc1.[Br-]. The zero-order valence-corrected chi connectivity index (χ0v) is 8.34. The summed E-state index contributed by atoms with van der Waals surface area (Å²) >= 11 is 1.81. The van der Waals surface area contributed by atoms with Crippen LogP contribution < -0.4 is 20.7 Å². The minimum atomic E-state index is 0. The topological polar surface area (TPSA) is 23.8 Å². The molecule has 46 valence electrons. The Morgan fingerprint density at radius 3 is 2.10 bits per heavy atom. The summed E-state index contributed by atoms with van der Waals surface area (Å²) in [6, 6.07) is 9.58. The first-order valence-electron chi connectivity index (χ1n) is 2.65. The van der Waals surface area contributed by atoms with Crippen molar-refractivity contribution < 1.29 is 17.0 Å². The molecule has 3 heteroatoms. The molecule has 10 heavy (non-hydrogen) atoms. The summed E-state index contributed by atoms with van der Waals surface area (Å²) in [5, 5.41) is 8.38. The van der Waals surface area contributed by atoms with Crippen LogP contribution in [0.5, 0.6) is 0 Å². The van der Waals surface area contributed by atoms with Gasteiger partial charge in [0.15, 0.2) is 0 Å². The van der Waals surface area contributed by atoms with Crippen molar-refractivity contribution in [1.82, 2.24) is 0 Å². The van der Waals surface area contributed by atoms with E-state index in [2.05, 4.69) is 6.07 Å². The maximum Gasteiger partial charge on any atom is -1.00 e. The van der Waals surface area contributed by atoms with Crippen molar-refractivity contribution in [3.63, 3.8) is 0 Å². The second-order valence-electron chi connectivity index (χ2n) is 1.81. The number of halogens is 1. The van der Waals surface area contributed by atoms with Crippen LogP contribution in [-0.2, 0) is 0 Å². The predicted molar refractivity (Wildman–Crippen MR) is 36.5 cm³/mol. The van der Waals surface area contributed by atoms with Crippen LogP contribution in [0.15, 0.2) is 24.3 Å². The smallest absolute Gasteiger partial charge is 1.00 e. The third kappa shape index (κ3) is 2.69. The fraction of sp³-hybridized carbons (Fsp3) is 0. The molecule has 0 heterocycles. The van der Waals surface area contributed by atoms with E-state index in [1.54, 1.807) is 0 Å². The third-order valence-electron chi connectivity index (χ3n) is 1.08. The predicted octanol–water partition coefficient (Wildman–Crippen LogP) is -2.64. The summed E-state index contributed by atoms with van der Waals surface area (Å²) in [6.45, 7) is 0. The van der Waals surface area contributed by atoms with Gasteiger partial charge < -0.3 is 17.0 Å². The Morgan fingerprint density at radius 2 is 1.70 bits per heavy atom. The van der Waals surface area contributed by atoms with E-state index in [0.717, 1.165) is 5.56 Å². The van der Waals surface area contributed by atoms with Crippen LogP contribution in [0.4, 0.5) is 0 Å². The number of benzene rings is 1. The molecular formula is C7H4BrMgN. The second kappa shape index (κ2) is 4.72. The van der Waals surface area contributed by atoms with E-state index in [0.29, 0.717) is 0 Å². The van der Waals surface area contributed by atoms with Crippen LogP contribution >= 0.6 is 0 Å². The molecule has 0 aliphatic heterocycles. The van der Waals surface area contributed by atoms with E-state index in [1.165, 1.54) is 3.69 Å². The van der Waals surface area contributed by atoms with Crippen molar-refractivity contribution in [2.75, 3.05) is 0 Å². The van der Waals surface area contributed by atoms with Crippen LogP contribution in [0, 0.1) is 11.3 Å². The van der Waals surface area contributed by atoms with Crippen molar-refractivity contribution in [2.24, 2.45) is 0 Å². The minimum Gasteiger partial charge on any atom is -1.00 e. The van der Waals surface area contributed by atoms with E-state index >= 15 is 0 Å². The van der Waals surface area contributed by atoms with E-state index < -0.39 is 0 Å². The molecule has 0 saturated heterocycles. The van der Waals surface area contributed by atoms with E-state index in [-0.39, 0.29) is 17.0 Å². The van der Waals surface area contributed by atoms with Gasteiger partial charge in [-0.3, -0.25) is 0 Å². The maximum absolute atomic E-state index is 8.38. The Balaban J connectivity index is 0.000000810. The molecule has 0 amide bonds. The van der Waals surface area contributed by atoms with Gasteiger partial charge in [-0.15, -0.1) is 0 Å². The molecule has 0 aliphatic rings. The summed E-state index contributed by atoms with van der Waals surface area (Å²) < 4.78 is 1.22. The molecule has 1 aromatic rings. The fourth-order valence-electron chi connectivity index (χ4n) is 0.579. The van der Waals surface area contributed by atoms with Gasteiger partial charge in [-0.05, 0) is 0 Å². The van der Waals surface area contributed by atoms with Gasteiger partial charge in [0, 0.05) is 0 Å². The van der Waals surface area contributed by atoms with Crippen LogP contribution in [0.25, 0.3) is 0 Å². The van der Waals surface area contributed by atoms with Crippen LogP contribution in [0.3, 0.4) is 0 Å². The van der Waals surface area contributed by atoms with Crippen molar-refractivity contribution in [3.8, 4) is 6.07 Å². The molecular weight excluding hydrogens is 202 g/mol. The Kier molecular flexibility index (Phi) is 4.70. The second-order valence-corrected chi connectivity index (χ2v) is 2.63. The number of rotatable bonds is 0. The average molecular weight is 206 g/mol. The van der Waals surface area contributed by atoms with Crippen molar-refractivity contribution in [2.45, 2.75) is 0 Å². The van der Waals surface area contributed by atoms with E-state index in [4.69, 9.17) is 5.26 Å². The molecule has 1 nitrogen and oxygen atoms in total. The third-order valence-corrected chi connectivity index (χ3v) is 1.55. The summed E-state index contributed by atoms with van der Waals surface area (Å²) in [4.78, 5) is 0. The Morgan fingerprint density at radius 1 is 1.20 bits per heavy atom. The van der Waals surface area contributed by atoms with Gasteiger partial charge in [0.05, 0.1) is 0 Å². The maximum atomic E-state index is 8.38. The summed E-state index contributed by atoms with van der Waals surface area (Å²) in [5.41, 5.74) is 0.727. The van der Waals surface area contributed by atoms with E-state index in [9.17, 15) is 0 Å². The minimum absolute atomic E-state index is 0. The number of nitriles is 1. The van der Waals surface area contributed by atoms with Crippen LogP contribution in [0.2, 0.25) is 0 Å². The summed E-state index contributed by atoms with van der Waals surface area (Å²) in [7, 11) is 0. The van der Waals surface area contributed by atoms with Crippen LogP contribution in [0.1, 0.15) is 5.56 Å². The van der Waals surface area contributed by atoms with Gasteiger partial charge in [-0.2, -0.15) is 0 Å². The molecule has 0 fully saturated rings. The largest absolute Gasteiger partial charge is 1.00 e. The molecule has 0 saturated carbocycles. The first-order chi connectivity index (χ1) is 4.33. The number of hydrogen-bond acceptors (Lipinski definition) is 1. The van der Waals surface area contributed by atoms with Gasteiger partial charge in [-0.1, -0.05) is 0 Å². The first-order valence-corrected chi connectivity index (χ1v) is 3.36. The van der Waals surface area contributed by atoms with Gasteiger partial charge >= 0.3 is 66.6 Å². The van der Waals surface area contributed by atoms with Crippen molar-refractivity contribution >= 4 is 25.4 Å². The molecule has 0 atom stereocenters. The van der Waals surface area contributed by atoms with Gasteiger partial charge in [0.25, 0.3) is 0 Å². The average Bonchev–Trinajstić information content (AvgIpc) is 1.90. The van der Waals surface area contributed by atoms with Gasteiger partial charge in [0.2, 0.25) is 0 Å². The zero-order chi connectivity index (χ0) is 6.69. The first kappa shape index (κ1) is 9.96. The van der Waals surface area contributed by atoms with Crippen molar-refractivity contribution in [1.29, 1.82) is 5.26 Å². The molecule has 1 rings (SSSR count). The molecule has 0 bridgehead atoms. The summed E-state index contributed by atoms with van der Waals surface area (Å²) in [6.07, 6.45) is 0. The van der Waals surface area contributed by atoms with Gasteiger partial charge in [-0.25, -0.2) is 0 Å². The van der Waals surface area contributed by atoms with E-state index in [1.807, 2.05) is 46.0 Å². The fourth-order valence-corrected chi connectivity index (χ4v) is 0.815. The quantitative estimate of drug-likeness (QED) is 0.426. The normalized spacial score (nSPS) is 7.70. The van der Waals surface area contributed by atoms with Gasteiger partial charge in [0.1, 0.15) is 0 Å².